The Morgan fingerprint density at radius 3 is 2.62 bits per heavy atom. The number of phenolic OH excluding ortho intramolecular Hbond substituents is 1. The highest BCUT2D eigenvalue weighted by atomic mass is 19.1. The zero-order chi connectivity index (χ0) is 27.6. The fraction of sp³-hybridized carbons (Fsp3) is 0.618. The third kappa shape index (κ3) is 5.75. The Bertz CT molecular complexity index is 1120. The number of carbonyl (C=O) groups excluding carboxylic acids is 1. The molecule has 1 amide bonds. The molecule has 0 unspecified atom stereocenters. The van der Waals surface area contributed by atoms with E-state index in [4.69, 9.17) is 0 Å². The van der Waals surface area contributed by atoms with Gasteiger partial charge in [0.2, 0.25) is 5.91 Å². The largest absolute Gasteiger partial charge is 0.508 e. The van der Waals surface area contributed by atoms with Crippen LogP contribution < -0.4 is 0 Å². The van der Waals surface area contributed by atoms with E-state index in [1.165, 1.54) is 5.56 Å². The number of fused-ring (bicyclic) bond motifs is 5. The first kappa shape index (κ1) is 28.1. The molecule has 0 heterocycles. The molecule has 0 aliphatic heterocycles. The minimum Gasteiger partial charge on any atom is -0.508 e. The number of amides is 1. The van der Waals surface area contributed by atoms with Crippen LogP contribution in [0.2, 0.25) is 0 Å². The summed E-state index contributed by atoms with van der Waals surface area (Å²) >= 11 is 0. The van der Waals surface area contributed by atoms with E-state index in [-0.39, 0.29) is 28.9 Å². The molecule has 3 aliphatic carbocycles. The van der Waals surface area contributed by atoms with Crippen molar-refractivity contribution in [1.82, 2.24) is 4.90 Å². The maximum atomic E-state index is 15.9. The van der Waals surface area contributed by atoms with Crippen molar-refractivity contribution in [3.05, 3.63) is 65.2 Å². The van der Waals surface area contributed by atoms with Gasteiger partial charge in [0.15, 0.2) is 0 Å². The van der Waals surface area contributed by atoms with E-state index in [9.17, 15) is 15.0 Å². The topological polar surface area (TPSA) is 60.8 Å². The molecule has 4 nitrogen and oxygen atoms in total. The molecule has 0 spiro atoms. The first-order valence-corrected chi connectivity index (χ1v) is 15.3. The summed E-state index contributed by atoms with van der Waals surface area (Å²) in [6, 6.07) is 15.7. The van der Waals surface area contributed by atoms with Crippen LogP contribution in [0.3, 0.4) is 0 Å². The summed E-state index contributed by atoms with van der Waals surface area (Å²) in [6.07, 6.45) is 7.55. The summed E-state index contributed by atoms with van der Waals surface area (Å²) in [5, 5.41) is 21.0. The molecule has 212 valence electrons. The number of alkyl halides is 1. The number of unbranched alkanes of at least 4 members (excludes halogenated alkanes) is 3. The fourth-order valence-electron chi connectivity index (χ4n) is 8.42. The molecule has 7 atom stereocenters. The Morgan fingerprint density at radius 1 is 1.08 bits per heavy atom. The lowest BCUT2D eigenvalue weighted by Gasteiger charge is -2.54. The lowest BCUT2D eigenvalue weighted by Crippen LogP contribution is -2.51. The zero-order valence-electron chi connectivity index (χ0n) is 23.7. The normalized spacial score (nSPS) is 31.3. The highest BCUT2D eigenvalue weighted by molar-refractivity contribution is 5.75. The molecule has 2 aromatic rings. The number of aliphatic hydroxyl groups is 1. The predicted molar refractivity (Wildman–Crippen MR) is 153 cm³/mol. The third-order valence-electron chi connectivity index (χ3n) is 10.4. The molecule has 0 saturated heterocycles. The molecule has 5 rings (SSSR count). The minimum absolute atomic E-state index is 0.130. The predicted octanol–water partition coefficient (Wildman–Crippen LogP) is 7.17. The number of halogens is 1. The van der Waals surface area contributed by atoms with Crippen molar-refractivity contribution in [3.8, 4) is 5.75 Å². The number of aliphatic hydroxyl groups excluding tert-OH is 1. The number of carbonyl (C=O) groups is 1. The van der Waals surface area contributed by atoms with Crippen LogP contribution in [0, 0.1) is 23.2 Å². The van der Waals surface area contributed by atoms with Crippen molar-refractivity contribution in [2.75, 3.05) is 6.54 Å². The number of aromatic hydroxyl groups is 1. The number of hydrogen-bond acceptors (Lipinski definition) is 3. The van der Waals surface area contributed by atoms with Crippen LogP contribution in [0.25, 0.3) is 0 Å². The number of rotatable bonds is 10. The maximum Gasteiger partial charge on any atom is 0.222 e. The van der Waals surface area contributed by atoms with Gasteiger partial charge in [0, 0.05) is 25.4 Å². The van der Waals surface area contributed by atoms with Crippen molar-refractivity contribution in [2.24, 2.45) is 23.2 Å². The van der Waals surface area contributed by atoms with Gasteiger partial charge in [-0.2, -0.15) is 0 Å². The second-order valence-electron chi connectivity index (χ2n) is 12.7. The quantitative estimate of drug-likeness (QED) is 0.317. The molecule has 0 aromatic heterocycles. The van der Waals surface area contributed by atoms with Gasteiger partial charge in [0.05, 0.1) is 6.10 Å². The van der Waals surface area contributed by atoms with Crippen LogP contribution >= 0.6 is 0 Å². The monoisotopic (exact) mass is 535 g/mol. The van der Waals surface area contributed by atoms with Gasteiger partial charge in [-0.1, -0.05) is 69.5 Å². The van der Waals surface area contributed by atoms with E-state index in [2.05, 4.69) is 19.1 Å². The molecular formula is C34H46FNO3. The van der Waals surface area contributed by atoms with Gasteiger partial charge in [-0.3, -0.25) is 4.79 Å². The van der Waals surface area contributed by atoms with Gasteiger partial charge in [-0.25, -0.2) is 4.39 Å². The van der Waals surface area contributed by atoms with Gasteiger partial charge < -0.3 is 15.1 Å². The van der Waals surface area contributed by atoms with Crippen molar-refractivity contribution in [2.45, 2.75) is 103 Å². The first-order chi connectivity index (χ1) is 18.8. The van der Waals surface area contributed by atoms with E-state index >= 15 is 4.39 Å². The van der Waals surface area contributed by atoms with E-state index in [1.807, 2.05) is 42.2 Å². The average Bonchev–Trinajstić information content (AvgIpc) is 3.22. The second-order valence-corrected chi connectivity index (χ2v) is 12.7. The maximum absolute atomic E-state index is 15.9. The molecule has 0 bridgehead atoms. The zero-order valence-corrected chi connectivity index (χ0v) is 23.7. The van der Waals surface area contributed by atoms with Crippen LogP contribution in [-0.2, 0) is 17.8 Å². The smallest absolute Gasteiger partial charge is 0.222 e. The summed E-state index contributed by atoms with van der Waals surface area (Å²) in [5.74, 6) is 1.30. The Balaban J connectivity index is 1.21. The summed E-state index contributed by atoms with van der Waals surface area (Å²) in [5.41, 5.74) is 3.03. The fourth-order valence-corrected chi connectivity index (χ4v) is 8.42. The SMILES string of the molecule is CCC(=O)N(CCCCCC[C@@H]1Cc2cc(O)ccc2[C@@H]2[C@@H]1[C@@H]1CC[C@H](O)[C@@]1(C)C[C@@H]2F)Cc1ccccc1. The average molecular weight is 536 g/mol. The van der Waals surface area contributed by atoms with E-state index in [0.717, 1.165) is 69.0 Å². The van der Waals surface area contributed by atoms with Crippen molar-refractivity contribution < 1.29 is 19.4 Å². The number of phenols is 1. The molecule has 3 aliphatic rings. The van der Waals surface area contributed by atoms with Gasteiger partial charge >= 0.3 is 0 Å². The van der Waals surface area contributed by atoms with Gasteiger partial charge in [-0.05, 0) is 90.5 Å². The summed E-state index contributed by atoms with van der Waals surface area (Å²) in [7, 11) is 0. The summed E-state index contributed by atoms with van der Waals surface area (Å²) < 4.78 is 15.9. The lowest BCUT2D eigenvalue weighted by atomic mass is 9.51. The minimum atomic E-state index is -0.957. The molecular weight excluding hydrogens is 489 g/mol. The van der Waals surface area contributed by atoms with E-state index in [1.54, 1.807) is 6.07 Å². The highest BCUT2D eigenvalue weighted by Gasteiger charge is 2.59. The molecule has 5 heteroatoms. The van der Waals surface area contributed by atoms with Crippen molar-refractivity contribution in [3.63, 3.8) is 0 Å². The Kier molecular flexibility index (Phi) is 8.66. The third-order valence-corrected chi connectivity index (χ3v) is 10.4. The summed E-state index contributed by atoms with van der Waals surface area (Å²) in [4.78, 5) is 14.5. The van der Waals surface area contributed by atoms with Crippen molar-refractivity contribution in [1.29, 1.82) is 0 Å². The number of hydrogen-bond donors (Lipinski definition) is 2. The number of nitrogens with zero attached hydrogens (tertiary/aromatic N) is 1. The molecule has 39 heavy (non-hydrogen) atoms. The second kappa shape index (κ2) is 12.0. The number of benzene rings is 2. The van der Waals surface area contributed by atoms with Crippen LogP contribution in [-0.4, -0.2) is 39.8 Å². The Hall–Kier alpha value is -2.40. The standard InChI is InChI=1S/C34H46FNO3/c1-3-31(39)36(22-23-11-7-6-8-12-23)18-10-5-4-9-13-24-19-25-20-26(37)14-15-27(25)33-29(35)21-34(2)28(32(24)33)16-17-30(34)38/h6-8,11-12,14-15,20,24,28-30,32-33,37-38H,3-5,9-10,13,16-19,21-22H2,1-2H3/t24-,28+,29+,30+,32+,33+,34+/m1/s1. The molecule has 2 N–H and O–H groups in total. The lowest BCUT2D eigenvalue weighted by molar-refractivity contribution is -0.131. The van der Waals surface area contributed by atoms with Gasteiger partial charge in [-0.15, -0.1) is 0 Å². The molecule has 0 radical (unpaired) electrons. The first-order valence-electron chi connectivity index (χ1n) is 15.3. The van der Waals surface area contributed by atoms with Crippen LogP contribution in [0.5, 0.6) is 5.75 Å². The van der Waals surface area contributed by atoms with Crippen LogP contribution in [0.1, 0.15) is 94.2 Å². The summed E-state index contributed by atoms with van der Waals surface area (Å²) in [6.45, 7) is 5.50. The van der Waals surface area contributed by atoms with Crippen LogP contribution in [0.4, 0.5) is 4.39 Å². The highest BCUT2D eigenvalue weighted by Crippen LogP contribution is 2.63. The molecule has 2 fully saturated rings. The van der Waals surface area contributed by atoms with Crippen molar-refractivity contribution >= 4 is 5.91 Å². The van der Waals surface area contributed by atoms with E-state index in [0.29, 0.717) is 31.2 Å². The van der Waals surface area contributed by atoms with Gasteiger partial charge in [0.1, 0.15) is 11.9 Å². The van der Waals surface area contributed by atoms with Gasteiger partial charge in [0.25, 0.3) is 0 Å². The van der Waals surface area contributed by atoms with Crippen LogP contribution in [0.15, 0.2) is 48.5 Å². The Morgan fingerprint density at radius 2 is 1.85 bits per heavy atom. The van der Waals surface area contributed by atoms with E-state index < -0.39 is 12.3 Å². The Labute approximate surface area is 233 Å². The molecule has 2 saturated carbocycles. The molecule has 2 aromatic carbocycles.